The summed E-state index contributed by atoms with van der Waals surface area (Å²) in [7, 11) is 0. The molecule has 0 bridgehead atoms. The molecule has 3 fully saturated rings. The fraction of sp³-hybridized carbons (Fsp3) is 0.611. The topological polar surface area (TPSA) is 62.3 Å². The molecule has 0 aromatic carbocycles. The molecule has 0 spiro atoms. The average molecular weight is 392 g/mol. The van der Waals surface area contributed by atoms with Crippen molar-refractivity contribution in [3.63, 3.8) is 0 Å². The molecule has 1 aromatic rings. The summed E-state index contributed by atoms with van der Waals surface area (Å²) in [5.41, 5.74) is 0. The summed E-state index contributed by atoms with van der Waals surface area (Å²) in [6.45, 7) is 1.35. The van der Waals surface area contributed by atoms with Crippen molar-refractivity contribution >= 4 is 33.6 Å². The quantitative estimate of drug-likeness (QED) is 0.860. The number of aromatic nitrogens is 1. The minimum absolute atomic E-state index is 0.0293. The Balaban J connectivity index is 1.35. The fourth-order valence-electron chi connectivity index (χ4n) is 4.47. The fourth-order valence-corrected chi connectivity index (χ4v) is 4.70. The summed E-state index contributed by atoms with van der Waals surface area (Å²) in [5.74, 6) is 2.23. The Morgan fingerprint density at radius 1 is 1.17 bits per heavy atom. The first-order chi connectivity index (χ1) is 11.6. The molecule has 24 heavy (non-hydrogen) atoms. The third-order valence-corrected chi connectivity index (χ3v) is 6.24. The van der Waals surface area contributed by atoms with Crippen LogP contribution in [0.2, 0.25) is 0 Å². The van der Waals surface area contributed by atoms with E-state index in [4.69, 9.17) is 0 Å². The third kappa shape index (κ3) is 3.08. The molecule has 5 nitrogen and oxygen atoms in total. The van der Waals surface area contributed by atoms with Crippen molar-refractivity contribution in [3.05, 3.63) is 22.8 Å². The molecule has 4 rings (SSSR count). The second-order valence-electron chi connectivity index (χ2n) is 7.26. The van der Waals surface area contributed by atoms with Gasteiger partial charge in [0.1, 0.15) is 5.82 Å². The lowest BCUT2D eigenvalue weighted by Crippen LogP contribution is -2.44. The summed E-state index contributed by atoms with van der Waals surface area (Å²) >= 11 is 3.33. The van der Waals surface area contributed by atoms with Gasteiger partial charge in [-0.2, -0.15) is 0 Å². The summed E-state index contributed by atoms with van der Waals surface area (Å²) in [6.07, 6.45) is 7.12. The Labute approximate surface area is 150 Å². The van der Waals surface area contributed by atoms with Crippen LogP contribution in [0.25, 0.3) is 0 Å². The van der Waals surface area contributed by atoms with Gasteiger partial charge in [0.25, 0.3) is 0 Å². The second-order valence-corrected chi connectivity index (χ2v) is 8.17. The van der Waals surface area contributed by atoms with Gasteiger partial charge in [-0.15, -0.1) is 0 Å². The first kappa shape index (κ1) is 16.1. The van der Waals surface area contributed by atoms with Crippen LogP contribution in [0, 0.1) is 23.7 Å². The van der Waals surface area contributed by atoms with E-state index in [9.17, 15) is 9.59 Å². The number of amides is 2. The van der Waals surface area contributed by atoms with E-state index in [1.807, 2.05) is 11.0 Å². The number of piperidine rings is 1. The van der Waals surface area contributed by atoms with Gasteiger partial charge in [-0.3, -0.25) is 9.59 Å². The third-order valence-electron chi connectivity index (χ3n) is 5.77. The highest BCUT2D eigenvalue weighted by Crippen LogP contribution is 2.58. The van der Waals surface area contributed by atoms with Crippen molar-refractivity contribution in [1.29, 1.82) is 0 Å². The van der Waals surface area contributed by atoms with Crippen molar-refractivity contribution in [2.45, 2.75) is 32.1 Å². The largest absolute Gasteiger partial charge is 0.342 e. The number of carbonyl (C=O) groups excluding carboxylic acids is 2. The zero-order valence-corrected chi connectivity index (χ0v) is 15.2. The molecule has 1 aromatic heterocycles. The molecule has 2 amide bonds. The highest BCUT2D eigenvalue weighted by atomic mass is 79.9. The minimum Gasteiger partial charge on any atom is -0.342 e. The van der Waals surface area contributed by atoms with Crippen molar-refractivity contribution < 1.29 is 9.59 Å². The highest BCUT2D eigenvalue weighted by molar-refractivity contribution is 9.10. The van der Waals surface area contributed by atoms with Crippen molar-refractivity contribution in [2.75, 3.05) is 18.4 Å². The molecule has 3 aliphatic rings. The van der Waals surface area contributed by atoms with Crippen LogP contribution >= 0.6 is 15.9 Å². The van der Waals surface area contributed by atoms with E-state index in [0.717, 1.165) is 23.9 Å². The maximum absolute atomic E-state index is 12.7. The molecule has 2 aliphatic carbocycles. The zero-order chi connectivity index (χ0) is 16.7. The van der Waals surface area contributed by atoms with Gasteiger partial charge in [0.2, 0.25) is 11.8 Å². The van der Waals surface area contributed by atoms with Crippen LogP contribution in [-0.4, -0.2) is 34.8 Å². The molecule has 2 heterocycles. The van der Waals surface area contributed by atoms with E-state index < -0.39 is 0 Å². The van der Waals surface area contributed by atoms with E-state index in [-0.39, 0.29) is 17.7 Å². The van der Waals surface area contributed by atoms with E-state index in [1.54, 1.807) is 12.3 Å². The highest BCUT2D eigenvalue weighted by Gasteiger charge is 2.57. The van der Waals surface area contributed by atoms with Crippen molar-refractivity contribution in [2.24, 2.45) is 23.7 Å². The van der Waals surface area contributed by atoms with E-state index >= 15 is 0 Å². The lowest BCUT2D eigenvalue weighted by Gasteiger charge is -2.32. The van der Waals surface area contributed by atoms with Gasteiger partial charge in [-0.25, -0.2) is 4.98 Å². The Morgan fingerprint density at radius 2 is 1.96 bits per heavy atom. The van der Waals surface area contributed by atoms with Crippen molar-refractivity contribution in [1.82, 2.24) is 9.88 Å². The monoisotopic (exact) mass is 391 g/mol. The summed E-state index contributed by atoms with van der Waals surface area (Å²) < 4.78 is 0.880. The molecule has 1 saturated heterocycles. The zero-order valence-electron chi connectivity index (χ0n) is 13.6. The Bertz CT molecular complexity index is 638. The molecule has 0 radical (unpaired) electrons. The molecule has 1 N–H and O–H groups in total. The molecule has 128 valence electrons. The van der Waals surface area contributed by atoms with Gasteiger partial charge in [0, 0.05) is 29.7 Å². The number of likely N-dealkylation sites (tertiary alicyclic amines) is 1. The summed E-state index contributed by atoms with van der Waals surface area (Å²) in [4.78, 5) is 31.3. The number of nitrogens with one attached hydrogen (secondary N) is 1. The standard InChI is InChI=1S/C18H22BrN3O2/c19-12-6-7-15(20-9-12)21-17(23)11-3-2-8-22(10-11)18(24)16-13-4-1-5-14(13)16/h6-7,9,11,13-14,16H,1-5,8,10H2,(H,20,21,23)/t11-,13-,14+,16?/m1/s1. The molecule has 4 atom stereocenters. The van der Waals surface area contributed by atoms with E-state index in [0.29, 0.717) is 30.1 Å². The summed E-state index contributed by atoms with van der Waals surface area (Å²) in [5, 5.41) is 2.87. The van der Waals surface area contributed by atoms with Gasteiger partial charge >= 0.3 is 0 Å². The lowest BCUT2D eigenvalue weighted by molar-refractivity contribution is -0.136. The molecule has 1 unspecified atom stereocenters. The van der Waals surface area contributed by atoms with E-state index in [2.05, 4.69) is 26.2 Å². The first-order valence-electron chi connectivity index (χ1n) is 8.84. The Kier molecular flexibility index (Phi) is 4.33. The van der Waals surface area contributed by atoms with Gasteiger partial charge < -0.3 is 10.2 Å². The molecular weight excluding hydrogens is 370 g/mol. The van der Waals surface area contributed by atoms with Crippen molar-refractivity contribution in [3.8, 4) is 0 Å². The molecule has 1 aliphatic heterocycles. The van der Waals surface area contributed by atoms with Crippen LogP contribution in [0.4, 0.5) is 5.82 Å². The maximum atomic E-state index is 12.7. The van der Waals surface area contributed by atoms with Crippen LogP contribution in [-0.2, 0) is 9.59 Å². The molecular formula is C18H22BrN3O2. The normalized spacial score (nSPS) is 31.5. The minimum atomic E-state index is -0.133. The smallest absolute Gasteiger partial charge is 0.230 e. The number of rotatable bonds is 3. The van der Waals surface area contributed by atoms with Crippen LogP contribution in [0.15, 0.2) is 22.8 Å². The number of pyridine rings is 1. The summed E-state index contributed by atoms with van der Waals surface area (Å²) in [6, 6.07) is 3.63. The van der Waals surface area contributed by atoms with Gasteiger partial charge in [0.05, 0.1) is 5.92 Å². The molecule has 2 saturated carbocycles. The average Bonchev–Trinajstić information content (AvgIpc) is 3.07. The number of halogens is 1. The number of hydrogen-bond donors (Lipinski definition) is 1. The Hall–Kier alpha value is -1.43. The predicted octanol–water partition coefficient (Wildman–Crippen LogP) is 3.07. The lowest BCUT2D eigenvalue weighted by atomic mass is 9.96. The number of hydrogen-bond acceptors (Lipinski definition) is 3. The maximum Gasteiger partial charge on any atom is 0.230 e. The van der Waals surface area contributed by atoms with Gasteiger partial charge in [0.15, 0.2) is 0 Å². The first-order valence-corrected chi connectivity index (χ1v) is 9.64. The van der Waals surface area contributed by atoms with Gasteiger partial charge in [-0.05, 0) is 65.6 Å². The number of carbonyl (C=O) groups is 2. The van der Waals surface area contributed by atoms with E-state index in [1.165, 1.54) is 19.3 Å². The Morgan fingerprint density at radius 3 is 2.67 bits per heavy atom. The van der Waals surface area contributed by atoms with Gasteiger partial charge in [-0.1, -0.05) is 6.42 Å². The van der Waals surface area contributed by atoms with Crippen LogP contribution in [0.5, 0.6) is 0 Å². The second kappa shape index (κ2) is 6.47. The number of anilines is 1. The van der Waals surface area contributed by atoms with Crippen LogP contribution in [0.1, 0.15) is 32.1 Å². The molecule has 6 heteroatoms. The number of nitrogens with zero attached hydrogens (tertiary/aromatic N) is 2. The predicted molar refractivity (Wildman–Crippen MR) is 94.2 cm³/mol. The van der Waals surface area contributed by atoms with Crippen LogP contribution < -0.4 is 5.32 Å². The van der Waals surface area contributed by atoms with Crippen LogP contribution in [0.3, 0.4) is 0 Å². The SMILES string of the molecule is O=C(Nc1ccc(Br)cn1)[C@@H]1CCCN(C(=O)C2[C@H]3CCC[C@@H]23)C1. The number of fused-ring (bicyclic) bond motifs is 1.